The first kappa shape index (κ1) is 17.8. The summed E-state index contributed by atoms with van der Waals surface area (Å²) in [6.45, 7) is 11.9. The number of carbonyl (C=O) groups excluding carboxylic acids is 1. The number of morpholine rings is 1. The summed E-state index contributed by atoms with van der Waals surface area (Å²) in [5.41, 5.74) is 1.10. The summed E-state index contributed by atoms with van der Waals surface area (Å²) < 4.78 is 5.77. The van der Waals surface area contributed by atoms with Crippen LogP contribution in [0.2, 0.25) is 0 Å². The van der Waals surface area contributed by atoms with Crippen molar-refractivity contribution in [2.75, 3.05) is 26.2 Å². The van der Waals surface area contributed by atoms with Gasteiger partial charge in [-0.1, -0.05) is 20.8 Å². The highest BCUT2D eigenvalue weighted by Crippen LogP contribution is 2.18. The Hall–Kier alpha value is -1.53. The monoisotopic (exact) mass is 320 g/mol. The maximum Gasteiger partial charge on any atom is 0.216 e. The van der Waals surface area contributed by atoms with Crippen molar-refractivity contribution in [2.24, 2.45) is 0 Å². The molecule has 1 aliphatic heterocycles. The van der Waals surface area contributed by atoms with Crippen LogP contribution in [0.4, 0.5) is 0 Å². The molecule has 0 spiro atoms. The van der Waals surface area contributed by atoms with Gasteiger partial charge in [0.1, 0.15) is 5.82 Å². The molecule has 1 aliphatic rings. The largest absolute Gasteiger partial charge is 0.375 e. The van der Waals surface area contributed by atoms with Gasteiger partial charge >= 0.3 is 0 Å². The number of rotatable bonds is 5. The van der Waals surface area contributed by atoms with Crippen LogP contribution >= 0.6 is 0 Å². The van der Waals surface area contributed by atoms with Crippen molar-refractivity contribution >= 4 is 5.91 Å². The molecule has 23 heavy (non-hydrogen) atoms. The molecule has 1 amide bonds. The van der Waals surface area contributed by atoms with Crippen LogP contribution in [0.1, 0.15) is 45.5 Å². The molecule has 0 saturated carbocycles. The number of hydrogen-bond donors (Lipinski definition) is 1. The van der Waals surface area contributed by atoms with Crippen LogP contribution in [-0.4, -0.2) is 53.1 Å². The Morgan fingerprint density at radius 1 is 1.39 bits per heavy atom. The molecule has 0 radical (unpaired) electrons. The Morgan fingerprint density at radius 2 is 2.09 bits per heavy atom. The average Bonchev–Trinajstić information content (AvgIpc) is 2.47. The quantitative estimate of drug-likeness (QED) is 0.890. The minimum atomic E-state index is -0.0215. The Kier molecular flexibility index (Phi) is 6.07. The van der Waals surface area contributed by atoms with Crippen molar-refractivity contribution in [3.63, 3.8) is 0 Å². The summed E-state index contributed by atoms with van der Waals surface area (Å²) >= 11 is 0. The number of aromatic nitrogens is 2. The zero-order valence-electron chi connectivity index (χ0n) is 14.6. The second kappa shape index (κ2) is 7.84. The molecule has 1 atom stereocenters. The molecule has 6 heteroatoms. The van der Waals surface area contributed by atoms with Gasteiger partial charge in [-0.2, -0.15) is 0 Å². The number of ether oxygens (including phenoxy) is 1. The van der Waals surface area contributed by atoms with E-state index in [-0.39, 0.29) is 17.4 Å². The molecular formula is C17H28N4O2. The first-order valence-corrected chi connectivity index (χ1v) is 8.24. The SMILES string of the molecule is CC(=O)NCC[C@H]1CN(Cc2cnc(C(C)(C)C)nc2)CCO1. The van der Waals surface area contributed by atoms with Gasteiger partial charge in [0.25, 0.3) is 0 Å². The maximum absolute atomic E-state index is 10.9. The van der Waals surface area contributed by atoms with E-state index < -0.39 is 0 Å². The molecule has 1 fully saturated rings. The molecule has 1 aromatic rings. The Bertz CT molecular complexity index is 510. The van der Waals surface area contributed by atoms with E-state index in [1.807, 2.05) is 12.4 Å². The van der Waals surface area contributed by atoms with Crippen molar-refractivity contribution < 1.29 is 9.53 Å². The van der Waals surface area contributed by atoms with Crippen LogP contribution in [0, 0.1) is 0 Å². The predicted octanol–water partition coefficient (Wildman–Crippen LogP) is 1.50. The first-order valence-electron chi connectivity index (χ1n) is 8.24. The van der Waals surface area contributed by atoms with E-state index in [4.69, 9.17) is 4.74 Å². The van der Waals surface area contributed by atoms with Crippen molar-refractivity contribution in [3.05, 3.63) is 23.8 Å². The number of nitrogens with zero attached hydrogens (tertiary/aromatic N) is 3. The summed E-state index contributed by atoms with van der Waals surface area (Å²) in [7, 11) is 0. The number of nitrogens with one attached hydrogen (secondary N) is 1. The van der Waals surface area contributed by atoms with E-state index in [0.29, 0.717) is 6.54 Å². The molecular weight excluding hydrogens is 292 g/mol. The zero-order chi connectivity index (χ0) is 16.9. The molecule has 1 aromatic heterocycles. The standard InChI is InChI=1S/C17H28N4O2/c1-13(22)18-6-5-15-12-21(7-8-23-15)11-14-9-19-16(20-10-14)17(2,3)4/h9-10,15H,5-8,11-12H2,1-4H3,(H,18,22)/t15-/m0/s1. The van der Waals surface area contributed by atoms with Gasteiger partial charge in [0.05, 0.1) is 12.7 Å². The third-order valence-corrected chi connectivity index (χ3v) is 3.85. The minimum Gasteiger partial charge on any atom is -0.375 e. The van der Waals surface area contributed by atoms with Gasteiger partial charge in [0.15, 0.2) is 0 Å². The maximum atomic E-state index is 10.9. The summed E-state index contributed by atoms with van der Waals surface area (Å²) in [6, 6.07) is 0. The van der Waals surface area contributed by atoms with Gasteiger partial charge in [-0.15, -0.1) is 0 Å². The lowest BCUT2D eigenvalue weighted by Gasteiger charge is -2.33. The molecule has 0 aromatic carbocycles. The smallest absolute Gasteiger partial charge is 0.216 e. The van der Waals surface area contributed by atoms with Crippen LogP contribution in [0.25, 0.3) is 0 Å². The summed E-state index contributed by atoms with van der Waals surface area (Å²) in [5, 5.41) is 2.82. The Balaban J connectivity index is 1.83. The number of hydrogen-bond acceptors (Lipinski definition) is 5. The summed E-state index contributed by atoms with van der Waals surface area (Å²) in [4.78, 5) is 22.2. The van der Waals surface area contributed by atoms with Crippen LogP contribution in [0.15, 0.2) is 12.4 Å². The summed E-state index contributed by atoms with van der Waals surface area (Å²) in [5.74, 6) is 0.880. The van der Waals surface area contributed by atoms with Gasteiger partial charge < -0.3 is 10.1 Å². The lowest BCUT2D eigenvalue weighted by atomic mass is 9.96. The van der Waals surface area contributed by atoms with Crippen LogP contribution in [0.5, 0.6) is 0 Å². The second-order valence-corrected chi connectivity index (χ2v) is 7.16. The van der Waals surface area contributed by atoms with Crippen molar-refractivity contribution in [1.29, 1.82) is 0 Å². The minimum absolute atomic E-state index is 0.00810. The van der Waals surface area contributed by atoms with E-state index in [0.717, 1.165) is 44.0 Å². The van der Waals surface area contributed by atoms with E-state index >= 15 is 0 Å². The molecule has 0 bridgehead atoms. The van der Waals surface area contributed by atoms with Crippen LogP contribution < -0.4 is 5.32 Å². The number of amides is 1. The predicted molar refractivity (Wildman–Crippen MR) is 89.0 cm³/mol. The molecule has 1 N–H and O–H groups in total. The molecule has 128 valence electrons. The third-order valence-electron chi connectivity index (χ3n) is 3.85. The highest BCUT2D eigenvalue weighted by atomic mass is 16.5. The molecule has 1 saturated heterocycles. The average molecular weight is 320 g/mol. The lowest BCUT2D eigenvalue weighted by Crippen LogP contribution is -2.43. The Morgan fingerprint density at radius 3 is 2.70 bits per heavy atom. The summed E-state index contributed by atoms with van der Waals surface area (Å²) in [6.07, 6.45) is 4.87. The molecule has 0 aliphatic carbocycles. The fourth-order valence-corrected chi connectivity index (χ4v) is 2.59. The molecule has 2 rings (SSSR count). The Labute approximate surface area is 138 Å². The highest BCUT2D eigenvalue weighted by Gasteiger charge is 2.21. The van der Waals surface area contributed by atoms with E-state index in [1.54, 1.807) is 0 Å². The lowest BCUT2D eigenvalue weighted by molar-refractivity contribution is -0.119. The van der Waals surface area contributed by atoms with Gasteiger partial charge in [0, 0.05) is 56.5 Å². The fraction of sp³-hybridized carbons (Fsp3) is 0.706. The van der Waals surface area contributed by atoms with Gasteiger partial charge in [-0.05, 0) is 6.42 Å². The van der Waals surface area contributed by atoms with Crippen molar-refractivity contribution in [1.82, 2.24) is 20.2 Å². The van der Waals surface area contributed by atoms with E-state index in [1.165, 1.54) is 6.92 Å². The van der Waals surface area contributed by atoms with Crippen molar-refractivity contribution in [2.45, 2.75) is 52.2 Å². The normalized spacial score (nSPS) is 19.6. The molecule has 0 unspecified atom stereocenters. The highest BCUT2D eigenvalue weighted by molar-refractivity contribution is 5.72. The third kappa shape index (κ3) is 5.88. The topological polar surface area (TPSA) is 67.4 Å². The van der Waals surface area contributed by atoms with Crippen molar-refractivity contribution in [3.8, 4) is 0 Å². The van der Waals surface area contributed by atoms with E-state index in [2.05, 4.69) is 41.0 Å². The van der Waals surface area contributed by atoms with Crippen LogP contribution in [-0.2, 0) is 21.5 Å². The molecule has 6 nitrogen and oxygen atoms in total. The number of carbonyl (C=O) groups is 1. The zero-order valence-corrected chi connectivity index (χ0v) is 14.6. The first-order chi connectivity index (χ1) is 10.8. The second-order valence-electron chi connectivity index (χ2n) is 7.16. The van der Waals surface area contributed by atoms with Gasteiger partial charge in [0.2, 0.25) is 5.91 Å². The fourth-order valence-electron chi connectivity index (χ4n) is 2.59. The van der Waals surface area contributed by atoms with Gasteiger partial charge in [-0.25, -0.2) is 9.97 Å². The molecule has 2 heterocycles. The van der Waals surface area contributed by atoms with Gasteiger partial charge in [-0.3, -0.25) is 9.69 Å². The van der Waals surface area contributed by atoms with E-state index in [9.17, 15) is 4.79 Å². The van der Waals surface area contributed by atoms with Crippen LogP contribution in [0.3, 0.4) is 0 Å².